The summed E-state index contributed by atoms with van der Waals surface area (Å²) in [5.41, 5.74) is 0.740. The first-order valence-corrected chi connectivity index (χ1v) is 13.7. The number of nitrogens with zero attached hydrogens (tertiary/aromatic N) is 3. The second-order valence-electron chi connectivity index (χ2n) is 8.53. The summed E-state index contributed by atoms with van der Waals surface area (Å²) in [6.45, 7) is 2.17. The molecule has 0 radical (unpaired) electrons. The van der Waals surface area contributed by atoms with Gasteiger partial charge in [0.1, 0.15) is 12.4 Å². The lowest BCUT2D eigenvalue weighted by molar-refractivity contribution is 0.306. The number of rotatable bonds is 6. The number of ether oxygens (including phenoxy) is 1. The molecule has 0 spiro atoms. The second kappa shape index (κ2) is 9.23. The van der Waals surface area contributed by atoms with Crippen LogP contribution in [0, 0.1) is 5.41 Å². The Morgan fingerprint density at radius 1 is 1.17 bits per heavy atom. The molecule has 1 saturated heterocycles. The number of thiophene rings is 1. The van der Waals surface area contributed by atoms with E-state index in [4.69, 9.17) is 26.2 Å². The molecule has 5 rings (SSSR count). The van der Waals surface area contributed by atoms with E-state index >= 15 is 0 Å². The maximum absolute atomic E-state index is 12.5. The molecule has 9 nitrogen and oxygen atoms in total. The highest BCUT2D eigenvalue weighted by Crippen LogP contribution is 2.42. The highest BCUT2D eigenvalue weighted by molar-refractivity contribution is 7.89. The Morgan fingerprint density at radius 3 is 2.56 bits per heavy atom. The maximum atomic E-state index is 12.5. The molecule has 1 atom stereocenters. The zero-order chi connectivity index (χ0) is 25.5. The SMILES string of the molecule is CN1C(=N)N[C@](C)(c2sc(-c3nnc(-c4ccc(OCc5ccccc5)cc4)o3)cc2Cl)CS1(=O)=O. The van der Waals surface area contributed by atoms with Crippen molar-refractivity contribution in [3.8, 4) is 28.0 Å². The number of nitrogens with one attached hydrogen (secondary N) is 2. The van der Waals surface area contributed by atoms with Gasteiger partial charge in [0.05, 0.1) is 26.1 Å². The van der Waals surface area contributed by atoms with Gasteiger partial charge in [-0.2, -0.15) is 0 Å². The molecule has 2 aromatic carbocycles. The van der Waals surface area contributed by atoms with Gasteiger partial charge in [0.25, 0.3) is 5.89 Å². The van der Waals surface area contributed by atoms with Gasteiger partial charge in [0.15, 0.2) is 0 Å². The molecule has 1 fully saturated rings. The molecule has 1 aliphatic heterocycles. The monoisotopic (exact) mass is 543 g/mol. The Morgan fingerprint density at radius 2 is 1.86 bits per heavy atom. The molecule has 0 unspecified atom stereocenters. The van der Waals surface area contributed by atoms with Crippen LogP contribution in [0.3, 0.4) is 0 Å². The summed E-state index contributed by atoms with van der Waals surface area (Å²) >= 11 is 7.75. The number of halogens is 1. The van der Waals surface area contributed by atoms with Crippen LogP contribution < -0.4 is 10.1 Å². The van der Waals surface area contributed by atoms with Crippen LogP contribution in [0.4, 0.5) is 0 Å². The summed E-state index contributed by atoms with van der Waals surface area (Å²) in [6, 6.07) is 18.9. The van der Waals surface area contributed by atoms with E-state index < -0.39 is 15.6 Å². The summed E-state index contributed by atoms with van der Waals surface area (Å²) in [7, 11) is -2.32. The van der Waals surface area contributed by atoms with Crippen molar-refractivity contribution >= 4 is 38.9 Å². The number of sulfonamides is 1. The Kier molecular flexibility index (Phi) is 6.23. The largest absolute Gasteiger partial charge is 0.489 e. The molecule has 2 aromatic heterocycles. The molecule has 12 heteroatoms. The first kappa shape index (κ1) is 24.3. The highest BCUT2D eigenvalue weighted by Gasteiger charge is 2.44. The molecule has 4 aromatic rings. The van der Waals surface area contributed by atoms with Crippen LogP contribution in [0.25, 0.3) is 22.2 Å². The van der Waals surface area contributed by atoms with E-state index in [1.165, 1.54) is 18.4 Å². The van der Waals surface area contributed by atoms with Crippen LogP contribution in [0.2, 0.25) is 5.02 Å². The molecule has 2 N–H and O–H groups in total. The first-order chi connectivity index (χ1) is 17.1. The van der Waals surface area contributed by atoms with Gasteiger partial charge >= 0.3 is 0 Å². The van der Waals surface area contributed by atoms with Gasteiger partial charge in [0.2, 0.25) is 21.9 Å². The fourth-order valence-electron chi connectivity index (χ4n) is 3.82. The van der Waals surface area contributed by atoms with Crippen molar-refractivity contribution < 1.29 is 17.6 Å². The van der Waals surface area contributed by atoms with E-state index in [0.717, 1.165) is 21.2 Å². The predicted molar refractivity (Wildman–Crippen MR) is 139 cm³/mol. The van der Waals surface area contributed by atoms with Gasteiger partial charge in [-0.3, -0.25) is 5.41 Å². The van der Waals surface area contributed by atoms with Crippen molar-refractivity contribution in [2.24, 2.45) is 0 Å². The van der Waals surface area contributed by atoms with Crippen LogP contribution in [0.15, 0.2) is 65.1 Å². The molecule has 186 valence electrons. The normalized spacial score (nSPS) is 19.2. The second-order valence-corrected chi connectivity index (χ2v) is 12.0. The molecule has 0 saturated carbocycles. The lowest BCUT2D eigenvalue weighted by atomic mass is 10.0. The van der Waals surface area contributed by atoms with E-state index in [2.05, 4.69) is 15.5 Å². The average Bonchev–Trinajstić information content (AvgIpc) is 3.49. The third-order valence-corrected chi connectivity index (χ3v) is 9.53. The van der Waals surface area contributed by atoms with Crippen molar-refractivity contribution in [1.82, 2.24) is 19.8 Å². The van der Waals surface area contributed by atoms with Gasteiger partial charge in [-0.1, -0.05) is 41.9 Å². The summed E-state index contributed by atoms with van der Waals surface area (Å²) in [5.74, 6) is 0.856. The average molecular weight is 544 g/mol. The molecule has 0 amide bonds. The van der Waals surface area contributed by atoms with Crippen LogP contribution in [-0.2, 0) is 22.2 Å². The van der Waals surface area contributed by atoms with Gasteiger partial charge in [-0.25, -0.2) is 12.7 Å². The standard InChI is InChI=1S/C24H22ClN5O4S2/c1-24(14-36(31,32)30(2)23(26)27-24)20-18(25)12-19(35-20)22-29-28-21(34-22)16-8-10-17(11-9-16)33-13-15-6-4-3-5-7-15/h3-12H,13-14H2,1-2H3,(H2,26,27)/t24-/m0/s1. The minimum atomic E-state index is -3.66. The number of benzene rings is 2. The van der Waals surface area contributed by atoms with Crippen molar-refractivity contribution in [2.45, 2.75) is 19.1 Å². The van der Waals surface area contributed by atoms with Crippen LogP contribution in [0.1, 0.15) is 17.4 Å². The van der Waals surface area contributed by atoms with Crippen LogP contribution >= 0.6 is 22.9 Å². The molecular formula is C24H22ClN5O4S2. The summed E-state index contributed by atoms with van der Waals surface area (Å²) in [6.07, 6.45) is 0. The van der Waals surface area contributed by atoms with E-state index in [-0.39, 0.29) is 17.6 Å². The van der Waals surface area contributed by atoms with Gasteiger partial charge in [0, 0.05) is 12.6 Å². The zero-order valence-electron chi connectivity index (χ0n) is 19.4. The third-order valence-electron chi connectivity index (χ3n) is 5.77. The first-order valence-electron chi connectivity index (χ1n) is 10.9. The van der Waals surface area contributed by atoms with Crippen molar-refractivity contribution in [3.05, 3.63) is 76.1 Å². The van der Waals surface area contributed by atoms with Gasteiger partial charge < -0.3 is 14.5 Å². The lowest BCUT2D eigenvalue weighted by Gasteiger charge is -2.39. The minimum absolute atomic E-state index is 0.217. The Hall–Kier alpha value is -3.41. The summed E-state index contributed by atoms with van der Waals surface area (Å²) in [5, 5.41) is 19.6. The molecular weight excluding hydrogens is 522 g/mol. The molecule has 0 bridgehead atoms. The Bertz CT molecular complexity index is 1520. The van der Waals surface area contributed by atoms with Crippen LogP contribution in [0.5, 0.6) is 5.75 Å². The molecule has 36 heavy (non-hydrogen) atoms. The lowest BCUT2D eigenvalue weighted by Crippen LogP contribution is -2.60. The summed E-state index contributed by atoms with van der Waals surface area (Å²) in [4.78, 5) is 1.17. The number of hydrogen-bond acceptors (Lipinski definition) is 8. The molecule has 0 aliphatic carbocycles. The fourth-order valence-corrected chi connectivity index (χ4v) is 6.95. The van der Waals surface area contributed by atoms with Crippen molar-refractivity contribution in [2.75, 3.05) is 12.8 Å². The topological polar surface area (TPSA) is 121 Å². The Balaban J connectivity index is 1.33. The van der Waals surface area contributed by atoms with E-state index in [1.807, 2.05) is 54.6 Å². The van der Waals surface area contributed by atoms with E-state index in [9.17, 15) is 8.42 Å². The predicted octanol–water partition coefficient (Wildman–Crippen LogP) is 4.71. The van der Waals surface area contributed by atoms with Crippen LogP contribution in [-0.4, -0.2) is 41.7 Å². The smallest absolute Gasteiger partial charge is 0.258 e. The van der Waals surface area contributed by atoms with E-state index in [0.29, 0.717) is 27.3 Å². The minimum Gasteiger partial charge on any atom is -0.489 e. The van der Waals surface area contributed by atoms with Gasteiger partial charge in [-0.05, 0) is 42.8 Å². The highest BCUT2D eigenvalue weighted by atomic mass is 35.5. The number of hydrogen-bond donors (Lipinski definition) is 2. The quantitative estimate of drug-likeness (QED) is 0.361. The number of guanidine groups is 1. The van der Waals surface area contributed by atoms with Crippen molar-refractivity contribution in [1.29, 1.82) is 5.41 Å². The van der Waals surface area contributed by atoms with E-state index in [1.54, 1.807) is 13.0 Å². The third kappa shape index (κ3) is 4.69. The number of aromatic nitrogens is 2. The van der Waals surface area contributed by atoms with Crippen molar-refractivity contribution in [3.63, 3.8) is 0 Å². The zero-order valence-corrected chi connectivity index (χ0v) is 21.7. The fraction of sp³-hybridized carbons (Fsp3) is 0.208. The molecule has 1 aliphatic rings. The summed E-state index contributed by atoms with van der Waals surface area (Å²) < 4.78 is 37.7. The molecule has 3 heterocycles. The Labute approximate surface area is 217 Å². The van der Waals surface area contributed by atoms with Gasteiger partial charge in [-0.15, -0.1) is 21.5 Å². The maximum Gasteiger partial charge on any atom is 0.258 e.